The summed E-state index contributed by atoms with van der Waals surface area (Å²) in [7, 11) is 1.69. The molecule has 0 bridgehead atoms. The number of ether oxygens (including phenoxy) is 1. The van der Waals surface area contributed by atoms with Crippen molar-refractivity contribution in [2.24, 2.45) is 13.0 Å². The largest absolute Gasteiger partial charge is 0.457 e. The van der Waals surface area contributed by atoms with Gasteiger partial charge < -0.3 is 9.30 Å². The lowest BCUT2D eigenvalue weighted by molar-refractivity contribution is -0.148. The molecule has 2 heterocycles. The van der Waals surface area contributed by atoms with Gasteiger partial charge in [-0.1, -0.05) is 63.9 Å². The summed E-state index contributed by atoms with van der Waals surface area (Å²) >= 11 is 0. The van der Waals surface area contributed by atoms with Crippen molar-refractivity contribution in [1.29, 1.82) is 0 Å². The fourth-order valence-corrected chi connectivity index (χ4v) is 3.76. The van der Waals surface area contributed by atoms with Gasteiger partial charge in [0.25, 0.3) is 5.56 Å². The van der Waals surface area contributed by atoms with Crippen LogP contribution >= 0.6 is 0 Å². The highest BCUT2D eigenvalue weighted by Gasteiger charge is 2.28. The van der Waals surface area contributed by atoms with Crippen molar-refractivity contribution >= 4 is 17.1 Å². The van der Waals surface area contributed by atoms with E-state index in [2.05, 4.69) is 9.97 Å². The first-order chi connectivity index (χ1) is 14.9. The van der Waals surface area contributed by atoms with Gasteiger partial charge in [0.05, 0.1) is 5.92 Å². The molecule has 0 spiro atoms. The third-order valence-electron chi connectivity index (χ3n) is 5.81. The van der Waals surface area contributed by atoms with Crippen LogP contribution in [-0.4, -0.2) is 25.1 Å². The number of aromatic nitrogens is 4. The van der Waals surface area contributed by atoms with Crippen LogP contribution in [0.1, 0.15) is 57.3 Å². The third-order valence-corrected chi connectivity index (χ3v) is 5.81. The van der Waals surface area contributed by atoms with Gasteiger partial charge >= 0.3 is 11.7 Å². The number of carbonyl (C=O) groups excluding carboxylic acids is 1. The van der Waals surface area contributed by atoms with Crippen molar-refractivity contribution in [3.05, 3.63) is 62.6 Å². The number of hydrogen-bond acceptors (Lipinski definition) is 5. The zero-order valence-electron chi connectivity index (χ0n) is 18.6. The van der Waals surface area contributed by atoms with Crippen LogP contribution in [0.2, 0.25) is 0 Å². The first-order valence-electron chi connectivity index (χ1n) is 10.8. The van der Waals surface area contributed by atoms with Crippen molar-refractivity contribution in [2.45, 2.75) is 59.1 Å². The van der Waals surface area contributed by atoms with Crippen molar-refractivity contribution in [2.75, 3.05) is 0 Å². The Kier molecular flexibility index (Phi) is 7.09. The second-order valence-corrected chi connectivity index (χ2v) is 7.91. The fourth-order valence-electron chi connectivity index (χ4n) is 3.76. The van der Waals surface area contributed by atoms with Gasteiger partial charge in [0, 0.05) is 13.6 Å². The predicted molar refractivity (Wildman–Crippen MR) is 119 cm³/mol. The molecule has 166 valence electrons. The maximum atomic E-state index is 13.0. The highest BCUT2D eigenvalue weighted by Crippen LogP contribution is 2.28. The van der Waals surface area contributed by atoms with Crippen molar-refractivity contribution < 1.29 is 9.53 Å². The molecular weight excluding hydrogens is 396 g/mol. The van der Waals surface area contributed by atoms with Gasteiger partial charge in [-0.2, -0.15) is 0 Å². The van der Waals surface area contributed by atoms with E-state index in [1.54, 1.807) is 11.6 Å². The average molecular weight is 427 g/mol. The zero-order chi connectivity index (χ0) is 22.5. The summed E-state index contributed by atoms with van der Waals surface area (Å²) in [5, 5.41) is 0. The maximum Gasteiger partial charge on any atom is 0.330 e. The maximum absolute atomic E-state index is 13.0. The van der Waals surface area contributed by atoms with E-state index in [0.717, 1.165) is 24.8 Å². The lowest BCUT2D eigenvalue weighted by Gasteiger charge is -2.21. The molecule has 8 nitrogen and oxygen atoms in total. The van der Waals surface area contributed by atoms with Gasteiger partial charge in [-0.05, 0) is 17.9 Å². The van der Waals surface area contributed by atoms with Crippen LogP contribution in [0.25, 0.3) is 11.2 Å². The summed E-state index contributed by atoms with van der Waals surface area (Å²) in [5.74, 6) is -0.185. The van der Waals surface area contributed by atoms with Crippen LogP contribution in [-0.2, 0) is 29.7 Å². The Balaban J connectivity index is 1.90. The molecular formula is C23H30N4O4. The van der Waals surface area contributed by atoms with Gasteiger partial charge in [-0.15, -0.1) is 0 Å². The summed E-state index contributed by atoms with van der Waals surface area (Å²) in [6.07, 6.45) is 2.52. The minimum Gasteiger partial charge on any atom is -0.457 e. The molecule has 0 aliphatic rings. The Bertz CT molecular complexity index is 1160. The monoisotopic (exact) mass is 426 g/mol. The lowest BCUT2D eigenvalue weighted by Crippen LogP contribution is -2.31. The molecule has 0 fully saturated rings. The summed E-state index contributed by atoms with van der Waals surface area (Å²) in [5.41, 5.74) is 0.549. The van der Waals surface area contributed by atoms with Crippen LogP contribution in [0, 0.1) is 5.92 Å². The molecule has 0 saturated heterocycles. The number of hydrogen-bond donors (Lipinski definition) is 1. The average Bonchev–Trinajstić information content (AvgIpc) is 3.09. The number of imidazole rings is 1. The predicted octanol–water partition coefficient (Wildman–Crippen LogP) is 3.10. The lowest BCUT2D eigenvalue weighted by atomic mass is 9.86. The molecule has 0 aliphatic carbocycles. The number of fused-ring (bicyclic) bond motifs is 1. The van der Waals surface area contributed by atoms with Crippen molar-refractivity contribution in [1.82, 2.24) is 19.1 Å². The summed E-state index contributed by atoms with van der Waals surface area (Å²) in [4.78, 5) is 44.5. The number of nitrogens with one attached hydrogen (secondary N) is 1. The molecule has 0 amide bonds. The quantitative estimate of drug-likeness (QED) is 0.530. The van der Waals surface area contributed by atoms with Crippen LogP contribution < -0.4 is 11.2 Å². The van der Waals surface area contributed by atoms with E-state index >= 15 is 0 Å². The van der Waals surface area contributed by atoms with Gasteiger partial charge in [-0.3, -0.25) is 19.1 Å². The number of unbranched alkanes of at least 4 members (excludes halogenated alkanes) is 1. The molecule has 0 saturated carbocycles. The van der Waals surface area contributed by atoms with Crippen LogP contribution in [0.5, 0.6) is 0 Å². The van der Waals surface area contributed by atoms with E-state index in [1.807, 2.05) is 51.1 Å². The first-order valence-corrected chi connectivity index (χ1v) is 10.8. The molecule has 2 unspecified atom stereocenters. The molecule has 3 aromatic rings. The highest BCUT2D eigenvalue weighted by atomic mass is 16.5. The molecule has 2 atom stereocenters. The topological polar surface area (TPSA) is 99.0 Å². The van der Waals surface area contributed by atoms with Crippen LogP contribution in [0.3, 0.4) is 0 Å². The van der Waals surface area contributed by atoms with E-state index in [9.17, 15) is 14.4 Å². The van der Waals surface area contributed by atoms with Crippen LogP contribution in [0.15, 0.2) is 39.9 Å². The Labute approximate surface area is 180 Å². The molecule has 2 aromatic heterocycles. The summed E-state index contributed by atoms with van der Waals surface area (Å²) in [6, 6.07) is 9.59. The molecule has 1 aromatic carbocycles. The SMILES string of the molecule is CCCCn1c(=O)[nH]c(=O)c2c1nc(COC(=O)C(c1ccccc1)C(C)CC)n2C. The smallest absolute Gasteiger partial charge is 0.330 e. The number of aromatic amines is 1. The molecule has 0 aliphatic heterocycles. The van der Waals surface area contributed by atoms with E-state index in [4.69, 9.17) is 4.74 Å². The second kappa shape index (κ2) is 9.76. The molecule has 3 rings (SSSR count). The third kappa shape index (κ3) is 4.62. The number of nitrogens with zero attached hydrogens (tertiary/aromatic N) is 3. The first kappa shape index (κ1) is 22.5. The standard InChI is InChI=1S/C23H30N4O4/c1-5-7-13-27-20-19(21(28)25-23(27)30)26(4)17(24-20)14-31-22(29)18(15(3)6-2)16-11-9-8-10-12-16/h8-12,15,18H,5-7,13-14H2,1-4H3,(H,25,28,30). The number of rotatable bonds is 9. The van der Waals surface area contributed by atoms with E-state index in [0.29, 0.717) is 23.5 Å². The van der Waals surface area contributed by atoms with E-state index in [1.165, 1.54) is 4.57 Å². The summed E-state index contributed by atoms with van der Waals surface area (Å²) < 4.78 is 8.70. The Morgan fingerprint density at radius 3 is 2.55 bits per heavy atom. The molecule has 0 radical (unpaired) electrons. The van der Waals surface area contributed by atoms with Gasteiger partial charge in [0.1, 0.15) is 12.4 Å². The number of esters is 1. The Morgan fingerprint density at radius 1 is 1.19 bits per heavy atom. The van der Waals surface area contributed by atoms with Gasteiger partial charge in [-0.25, -0.2) is 9.78 Å². The molecule has 1 N–H and O–H groups in total. The summed E-state index contributed by atoms with van der Waals surface area (Å²) in [6.45, 7) is 6.48. The Morgan fingerprint density at radius 2 is 1.90 bits per heavy atom. The molecule has 8 heteroatoms. The number of H-pyrrole nitrogens is 1. The van der Waals surface area contributed by atoms with Crippen LogP contribution in [0.4, 0.5) is 0 Å². The molecule has 31 heavy (non-hydrogen) atoms. The van der Waals surface area contributed by atoms with Gasteiger partial charge in [0.2, 0.25) is 0 Å². The highest BCUT2D eigenvalue weighted by molar-refractivity contribution is 5.78. The second-order valence-electron chi connectivity index (χ2n) is 7.91. The van der Waals surface area contributed by atoms with Crippen molar-refractivity contribution in [3.8, 4) is 0 Å². The normalized spacial score (nSPS) is 13.3. The fraction of sp³-hybridized carbons (Fsp3) is 0.478. The number of aryl methyl sites for hydroxylation is 2. The Hall–Kier alpha value is -3.16. The van der Waals surface area contributed by atoms with Crippen molar-refractivity contribution in [3.63, 3.8) is 0 Å². The number of carbonyl (C=O) groups is 1. The zero-order valence-corrected chi connectivity index (χ0v) is 18.6. The van der Waals surface area contributed by atoms with Gasteiger partial charge in [0.15, 0.2) is 11.2 Å². The minimum absolute atomic E-state index is 0.0782. The van der Waals surface area contributed by atoms with E-state index < -0.39 is 11.2 Å². The van der Waals surface area contributed by atoms with E-state index in [-0.39, 0.29) is 24.4 Å². The minimum atomic E-state index is -0.498. The number of benzene rings is 1.